The molecule has 0 atom stereocenters. The zero-order valence-corrected chi connectivity index (χ0v) is 6.55. The first-order chi connectivity index (χ1) is 4.70. The Balaban J connectivity index is 2.33. The summed E-state index contributed by atoms with van der Waals surface area (Å²) in [6, 6.07) is 0. The molecule has 3 nitrogen and oxygen atoms in total. The van der Waals surface area contributed by atoms with Gasteiger partial charge in [-0.2, -0.15) is 0 Å². The molecular formula is C7H14N2O. The summed E-state index contributed by atoms with van der Waals surface area (Å²) in [5.41, 5.74) is 0. The average Bonchev–Trinajstić information content (AvgIpc) is 2.15. The van der Waals surface area contributed by atoms with Gasteiger partial charge in [0.1, 0.15) is 0 Å². The molecule has 1 aliphatic heterocycles. The predicted octanol–water partition coefficient (Wildman–Crippen LogP) is 0.0317. The number of amides is 1. The second kappa shape index (κ2) is 3.01. The van der Waals surface area contributed by atoms with Crippen molar-refractivity contribution >= 4 is 5.91 Å². The van der Waals surface area contributed by atoms with Crippen molar-refractivity contribution in [3.05, 3.63) is 0 Å². The molecule has 0 aromatic heterocycles. The summed E-state index contributed by atoms with van der Waals surface area (Å²) in [7, 11) is 0. The van der Waals surface area contributed by atoms with Gasteiger partial charge in [-0.25, -0.2) is 0 Å². The number of rotatable bonds is 2. The lowest BCUT2D eigenvalue weighted by Crippen LogP contribution is -2.29. The number of nitrogens with zero attached hydrogens (tertiary/aromatic N) is 1. The Bertz CT molecular complexity index is 134. The van der Waals surface area contributed by atoms with E-state index in [9.17, 15) is 4.79 Å². The molecule has 0 saturated carbocycles. The van der Waals surface area contributed by atoms with Crippen LogP contribution in [0.3, 0.4) is 0 Å². The monoisotopic (exact) mass is 142 g/mol. The Labute approximate surface area is 61.4 Å². The van der Waals surface area contributed by atoms with Crippen molar-refractivity contribution in [2.45, 2.75) is 13.8 Å². The van der Waals surface area contributed by atoms with E-state index in [0.717, 1.165) is 13.2 Å². The van der Waals surface area contributed by atoms with Gasteiger partial charge in [-0.3, -0.25) is 10.1 Å². The fourth-order valence-corrected chi connectivity index (χ4v) is 1.10. The van der Waals surface area contributed by atoms with Crippen molar-refractivity contribution in [1.29, 1.82) is 0 Å². The SMILES string of the molecule is CC(C)CN1CNCC1=O. The molecule has 0 bridgehead atoms. The van der Waals surface area contributed by atoms with E-state index in [4.69, 9.17) is 0 Å². The molecular weight excluding hydrogens is 128 g/mol. The molecule has 1 amide bonds. The summed E-state index contributed by atoms with van der Waals surface area (Å²) in [4.78, 5) is 12.8. The highest BCUT2D eigenvalue weighted by Crippen LogP contribution is 2.00. The van der Waals surface area contributed by atoms with Crippen LogP contribution in [0.5, 0.6) is 0 Å². The molecule has 0 aromatic rings. The molecule has 3 heteroatoms. The third-order valence-corrected chi connectivity index (χ3v) is 1.52. The first kappa shape index (κ1) is 7.54. The summed E-state index contributed by atoms with van der Waals surface area (Å²) >= 11 is 0. The summed E-state index contributed by atoms with van der Waals surface area (Å²) in [6.07, 6.45) is 0. The maximum Gasteiger partial charge on any atom is 0.237 e. The Hall–Kier alpha value is -0.570. The molecule has 1 N–H and O–H groups in total. The third-order valence-electron chi connectivity index (χ3n) is 1.52. The Morgan fingerprint density at radius 1 is 1.70 bits per heavy atom. The minimum Gasteiger partial charge on any atom is -0.329 e. The molecule has 10 heavy (non-hydrogen) atoms. The highest BCUT2D eigenvalue weighted by atomic mass is 16.2. The van der Waals surface area contributed by atoms with Crippen LogP contribution < -0.4 is 5.32 Å². The fraction of sp³-hybridized carbons (Fsp3) is 0.857. The minimum absolute atomic E-state index is 0.230. The smallest absolute Gasteiger partial charge is 0.237 e. The van der Waals surface area contributed by atoms with Gasteiger partial charge in [0.25, 0.3) is 0 Å². The Morgan fingerprint density at radius 2 is 2.40 bits per heavy atom. The van der Waals surface area contributed by atoms with Gasteiger partial charge in [0, 0.05) is 6.54 Å². The summed E-state index contributed by atoms with van der Waals surface area (Å²) in [5, 5.41) is 3.00. The highest BCUT2D eigenvalue weighted by molar-refractivity contribution is 5.79. The molecule has 0 aromatic carbocycles. The van der Waals surface area contributed by atoms with Crippen molar-refractivity contribution in [1.82, 2.24) is 10.2 Å². The van der Waals surface area contributed by atoms with Crippen molar-refractivity contribution in [3.63, 3.8) is 0 Å². The Kier molecular flexibility index (Phi) is 2.27. The lowest BCUT2D eigenvalue weighted by Gasteiger charge is -2.16. The summed E-state index contributed by atoms with van der Waals surface area (Å²) in [6.45, 7) is 6.37. The number of carbonyl (C=O) groups is 1. The standard InChI is InChI=1S/C7H14N2O/c1-6(2)4-9-5-8-3-7(9)10/h6,8H,3-5H2,1-2H3. The van der Waals surface area contributed by atoms with E-state index in [1.807, 2.05) is 4.90 Å². The number of nitrogens with one attached hydrogen (secondary N) is 1. The Morgan fingerprint density at radius 3 is 2.80 bits per heavy atom. The van der Waals surface area contributed by atoms with Crippen molar-refractivity contribution in [2.24, 2.45) is 5.92 Å². The van der Waals surface area contributed by atoms with Crippen molar-refractivity contribution in [3.8, 4) is 0 Å². The van der Waals surface area contributed by atoms with E-state index in [0.29, 0.717) is 12.5 Å². The molecule has 0 radical (unpaired) electrons. The molecule has 1 rings (SSSR count). The van der Waals surface area contributed by atoms with Crippen LogP contribution in [0.2, 0.25) is 0 Å². The molecule has 1 aliphatic rings. The molecule has 0 aliphatic carbocycles. The molecule has 1 saturated heterocycles. The lowest BCUT2D eigenvalue weighted by molar-refractivity contribution is -0.127. The minimum atomic E-state index is 0.230. The van der Waals surface area contributed by atoms with Crippen molar-refractivity contribution in [2.75, 3.05) is 19.8 Å². The summed E-state index contributed by atoms with van der Waals surface area (Å²) < 4.78 is 0. The maximum absolute atomic E-state index is 11.0. The number of carbonyl (C=O) groups excluding carboxylic acids is 1. The number of hydrogen-bond acceptors (Lipinski definition) is 2. The van der Waals surface area contributed by atoms with Crippen LogP contribution >= 0.6 is 0 Å². The third kappa shape index (κ3) is 1.70. The second-order valence-corrected chi connectivity index (χ2v) is 3.09. The normalized spacial score (nSPS) is 19.1. The molecule has 1 fully saturated rings. The van der Waals surface area contributed by atoms with Gasteiger partial charge in [0.15, 0.2) is 0 Å². The van der Waals surface area contributed by atoms with Crippen LogP contribution in [0.4, 0.5) is 0 Å². The summed E-state index contributed by atoms with van der Waals surface area (Å²) in [5.74, 6) is 0.803. The van der Waals surface area contributed by atoms with Crippen molar-refractivity contribution < 1.29 is 4.79 Å². The second-order valence-electron chi connectivity index (χ2n) is 3.09. The van der Waals surface area contributed by atoms with Gasteiger partial charge in [-0.1, -0.05) is 13.8 Å². The molecule has 58 valence electrons. The van der Waals surface area contributed by atoms with E-state index in [-0.39, 0.29) is 5.91 Å². The van der Waals surface area contributed by atoms with Crippen LogP contribution in [-0.2, 0) is 4.79 Å². The topological polar surface area (TPSA) is 32.3 Å². The first-order valence-corrected chi connectivity index (χ1v) is 3.68. The van der Waals surface area contributed by atoms with E-state index in [2.05, 4.69) is 19.2 Å². The fourth-order valence-electron chi connectivity index (χ4n) is 1.10. The van der Waals surface area contributed by atoms with Crippen LogP contribution in [0.1, 0.15) is 13.8 Å². The molecule has 0 spiro atoms. The highest BCUT2D eigenvalue weighted by Gasteiger charge is 2.19. The molecule has 1 heterocycles. The molecule has 0 unspecified atom stereocenters. The van der Waals surface area contributed by atoms with E-state index >= 15 is 0 Å². The van der Waals surface area contributed by atoms with E-state index < -0.39 is 0 Å². The number of hydrogen-bond donors (Lipinski definition) is 1. The zero-order chi connectivity index (χ0) is 7.56. The van der Waals surface area contributed by atoms with Gasteiger partial charge in [0.05, 0.1) is 13.2 Å². The van der Waals surface area contributed by atoms with Crippen LogP contribution in [0.15, 0.2) is 0 Å². The van der Waals surface area contributed by atoms with Crippen LogP contribution in [0.25, 0.3) is 0 Å². The van der Waals surface area contributed by atoms with Gasteiger partial charge in [-0.15, -0.1) is 0 Å². The van der Waals surface area contributed by atoms with Gasteiger partial charge in [0.2, 0.25) is 5.91 Å². The van der Waals surface area contributed by atoms with E-state index in [1.165, 1.54) is 0 Å². The largest absolute Gasteiger partial charge is 0.329 e. The van der Waals surface area contributed by atoms with Gasteiger partial charge in [-0.05, 0) is 5.92 Å². The maximum atomic E-state index is 11.0. The van der Waals surface area contributed by atoms with Gasteiger partial charge >= 0.3 is 0 Å². The predicted molar refractivity (Wildman–Crippen MR) is 39.4 cm³/mol. The first-order valence-electron chi connectivity index (χ1n) is 3.68. The average molecular weight is 142 g/mol. The lowest BCUT2D eigenvalue weighted by atomic mass is 10.2. The zero-order valence-electron chi connectivity index (χ0n) is 6.55. The van der Waals surface area contributed by atoms with Gasteiger partial charge < -0.3 is 4.90 Å². The van der Waals surface area contributed by atoms with E-state index in [1.54, 1.807) is 0 Å². The van der Waals surface area contributed by atoms with Crippen LogP contribution in [0, 0.1) is 5.92 Å². The van der Waals surface area contributed by atoms with Crippen LogP contribution in [-0.4, -0.2) is 30.6 Å². The quantitative estimate of drug-likeness (QED) is 0.590.